The number of hydrogen-bond donors (Lipinski definition) is 1. The summed E-state index contributed by atoms with van der Waals surface area (Å²) in [6.45, 7) is 5.56. The van der Waals surface area contributed by atoms with Crippen molar-refractivity contribution in [2.24, 2.45) is 5.92 Å². The average Bonchev–Trinajstić information content (AvgIpc) is 2.62. The smallest absolute Gasteiger partial charge is 0.220 e. The number of benzene rings is 1. The van der Waals surface area contributed by atoms with Gasteiger partial charge in [0.2, 0.25) is 5.91 Å². The Kier molecular flexibility index (Phi) is 8.35. The summed E-state index contributed by atoms with van der Waals surface area (Å²) >= 11 is 0. The number of hydrogen-bond acceptors (Lipinski definition) is 3. The third-order valence-electron chi connectivity index (χ3n) is 5.12. The van der Waals surface area contributed by atoms with Crippen molar-refractivity contribution in [3.63, 3.8) is 0 Å². The maximum atomic E-state index is 13.0. The molecule has 1 aliphatic rings. The number of halogens is 1. The van der Waals surface area contributed by atoms with E-state index in [-0.39, 0.29) is 11.7 Å². The van der Waals surface area contributed by atoms with E-state index in [2.05, 4.69) is 17.1 Å². The zero-order valence-corrected chi connectivity index (χ0v) is 15.5. The number of methoxy groups -OCH3 is 1. The van der Waals surface area contributed by atoms with Crippen molar-refractivity contribution >= 4 is 5.91 Å². The van der Waals surface area contributed by atoms with Crippen LogP contribution in [-0.4, -0.2) is 50.2 Å². The number of carbonyl (C=O) groups excluding carboxylic acids is 1. The van der Waals surface area contributed by atoms with Gasteiger partial charge in [0, 0.05) is 26.1 Å². The molecular formula is C20H31FN2O2. The van der Waals surface area contributed by atoms with Crippen molar-refractivity contribution in [2.45, 2.75) is 45.1 Å². The molecule has 0 saturated carbocycles. The molecule has 0 radical (unpaired) electrons. The number of ether oxygens (including phenoxy) is 1. The van der Waals surface area contributed by atoms with Crippen LogP contribution in [0.15, 0.2) is 24.3 Å². The summed E-state index contributed by atoms with van der Waals surface area (Å²) in [6, 6.07) is 7.28. The molecule has 1 amide bonds. The SMILES string of the molecule is COCCNC(=O)CCC1CCN(C(C)Cc2ccc(F)cc2)CC1. The van der Waals surface area contributed by atoms with Crippen LogP contribution in [0.1, 0.15) is 38.2 Å². The molecular weight excluding hydrogens is 319 g/mol. The fraction of sp³-hybridized carbons (Fsp3) is 0.650. The Morgan fingerprint density at radius 3 is 2.64 bits per heavy atom. The van der Waals surface area contributed by atoms with Gasteiger partial charge >= 0.3 is 0 Å². The van der Waals surface area contributed by atoms with Gasteiger partial charge in [-0.15, -0.1) is 0 Å². The van der Waals surface area contributed by atoms with E-state index in [0.29, 0.717) is 31.5 Å². The standard InChI is InChI=1S/C20H31FN2O2/c1-16(15-18-3-6-19(21)7-4-18)23-12-9-17(10-13-23)5-8-20(24)22-11-14-25-2/h3-4,6-7,16-17H,5,8-15H2,1-2H3,(H,22,24). The molecule has 1 atom stereocenters. The first-order valence-corrected chi connectivity index (χ1v) is 9.32. The van der Waals surface area contributed by atoms with Gasteiger partial charge in [-0.05, 0) is 69.3 Å². The quantitative estimate of drug-likeness (QED) is 0.696. The van der Waals surface area contributed by atoms with Gasteiger partial charge in [0.05, 0.1) is 6.61 Å². The Balaban J connectivity index is 1.65. The summed E-state index contributed by atoms with van der Waals surface area (Å²) in [7, 11) is 1.64. The summed E-state index contributed by atoms with van der Waals surface area (Å²) in [5.41, 5.74) is 1.18. The van der Waals surface area contributed by atoms with Gasteiger partial charge in [0.25, 0.3) is 0 Å². The molecule has 0 spiro atoms. The van der Waals surface area contributed by atoms with Crippen molar-refractivity contribution in [1.82, 2.24) is 10.2 Å². The van der Waals surface area contributed by atoms with Gasteiger partial charge in [0.1, 0.15) is 5.82 Å². The topological polar surface area (TPSA) is 41.6 Å². The van der Waals surface area contributed by atoms with Crippen molar-refractivity contribution in [2.75, 3.05) is 33.4 Å². The highest BCUT2D eigenvalue weighted by Crippen LogP contribution is 2.24. The molecule has 5 heteroatoms. The second kappa shape index (κ2) is 10.5. The lowest BCUT2D eigenvalue weighted by Crippen LogP contribution is -2.41. The van der Waals surface area contributed by atoms with Crippen LogP contribution < -0.4 is 5.32 Å². The molecule has 1 aliphatic heterocycles. The van der Waals surface area contributed by atoms with Crippen LogP contribution in [0.2, 0.25) is 0 Å². The highest BCUT2D eigenvalue weighted by molar-refractivity contribution is 5.75. The molecule has 1 unspecified atom stereocenters. The summed E-state index contributed by atoms with van der Waals surface area (Å²) in [6.07, 6.45) is 4.84. The predicted octanol–water partition coefficient (Wildman–Crippen LogP) is 3.01. The van der Waals surface area contributed by atoms with Crippen molar-refractivity contribution in [3.8, 4) is 0 Å². The molecule has 4 nitrogen and oxygen atoms in total. The highest BCUT2D eigenvalue weighted by Gasteiger charge is 2.23. The summed E-state index contributed by atoms with van der Waals surface area (Å²) in [5.74, 6) is 0.593. The molecule has 1 aromatic carbocycles. The number of amides is 1. The number of likely N-dealkylation sites (tertiary alicyclic amines) is 1. The Morgan fingerprint density at radius 2 is 2.00 bits per heavy atom. The lowest BCUT2D eigenvalue weighted by Gasteiger charge is -2.36. The minimum atomic E-state index is -0.177. The van der Waals surface area contributed by atoms with E-state index in [4.69, 9.17) is 4.74 Å². The summed E-state index contributed by atoms with van der Waals surface area (Å²) in [4.78, 5) is 14.3. The Morgan fingerprint density at radius 1 is 1.32 bits per heavy atom. The summed E-state index contributed by atoms with van der Waals surface area (Å²) < 4.78 is 17.9. The molecule has 1 N–H and O–H groups in total. The first kappa shape index (κ1) is 19.9. The van der Waals surface area contributed by atoms with E-state index >= 15 is 0 Å². The monoisotopic (exact) mass is 350 g/mol. The predicted molar refractivity (Wildman–Crippen MR) is 98.0 cm³/mol. The van der Waals surface area contributed by atoms with Crippen molar-refractivity contribution < 1.29 is 13.9 Å². The van der Waals surface area contributed by atoms with Crippen LogP contribution in [0, 0.1) is 11.7 Å². The van der Waals surface area contributed by atoms with E-state index in [1.54, 1.807) is 7.11 Å². The normalized spacial score (nSPS) is 17.4. The fourth-order valence-corrected chi connectivity index (χ4v) is 3.49. The van der Waals surface area contributed by atoms with Gasteiger partial charge in [-0.25, -0.2) is 4.39 Å². The highest BCUT2D eigenvalue weighted by atomic mass is 19.1. The van der Waals surface area contributed by atoms with Crippen molar-refractivity contribution in [3.05, 3.63) is 35.6 Å². The third-order valence-corrected chi connectivity index (χ3v) is 5.12. The maximum Gasteiger partial charge on any atom is 0.220 e. The van der Waals surface area contributed by atoms with E-state index in [1.807, 2.05) is 12.1 Å². The van der Waals surface area contributed by atoms with E-state index in [1.165, 1.54) is 17.7 Å². The lowest BCUT2D eigenvalue weighted by molar-refractivity contribution is -0.121. The molecule has 0 aromatic heterocycles. The second-order valence-corrected chi connectivity index (χ2v) is 7.04. The van der Waals surface area contributed by atoms with Gasteiger partial charge in [-0.2, -0.15) is 0 Å². The summed E-state index contributed by atoms with van der Waals surface area (Å²) in [5, 5.41) is 2.88. The van der Waals surface area contributed by atoms with E-state index in [0.717, 1.165) is 38.8 Å². The van der Waals surface area contributed by atoms with Crippen LogP contribution in [0.5, 0.6) is 0 Å². The number of carbonyl (C=O) groups is 1. The number of nitrogens with zero attached hydrogens (tertiary/aromatic N) is 1. The zero-order valence-electron chi connectivity index (χ0n) is 15.5. The van der Waals surface area contributed by atoms with Crippen LogP contribution in [0.4, 0.5) is 4.39 Å². The molecule has 2 rings (SSSR count). The minimum Gasteiger partial charge on any atom is -0.383 e. The first-order chi connectivity index (χ1) is 12.1. The lowest BCUT2D eigenvalue weighted by atomic mass is 9.91. The molecule has 1 aromatic rings. The molecule has 25 heavy (non-hydrogen) atoms. The van der Waals surface area contributed by atoms with Crippen LogP contribution in [0.3, 0.4) is 0 Å². The Bertz CT molecular complexity index is 513. The third kappa shape index (κ3) is 7.12. The molecule has 0 bridgehead atoms. The van der Waals surface area contributed by atoms with Gasteiger partial charge in [-0.1, -0.05) is 12.1 Å². The second-order valence-electron chi connectivity index (χ2n) is 7.04. The Labute approximate surface area is 150 Å². The first-order valence-electron chi connectivity index (χ1n) is 9.32. The van der Waals surface area contributed by atoms with E-state index < -0.39 is 0 Å². The van der Waals surface area contributed by atoms with E-state index in [9.17, 15) is 9.18 Å². The number of rotatable bonds is 9. The molecule has 1 saturated heterocycles. The molecule has 1 fully saturated rings. The number of nitrogens with one attached hydrogen (secondary N) is 1. The van der Waals surface area contributed by atoms with Gasteiger partial charge < -0.3 is 15.0 Å². The van der Waals surface area contributed by atoms with Crippen LogP contribution in [-0.2, 0) is 16.0 Å². The largest absolute Gasteiger partial charge is 0.383 e. The molecule has 0 aliphatic carbocycles. The average molecular weight is 350 g/mol. The maximum absolute atomic E-state index is 13.0. The van der Waals surface area contributed by atoms with Crippen LogP contribution >= 0.6 is 0 Å². The number of piperidine rings is 1. The van der Waals surface area contributed by atoms with Gasteiger partial charge in [-0.3, -0.25) is 4.79 Å². The molecule has 1 heterocycles. The van der Waals surface area contributed by atoms with Gasteiger partial charge in [0.15, 0.2) is 0 Å². The van der Waals surface area contributed by atoms with Crippen LogP contribution in [0.25, 0.3) is 0 Å². The minimum absolute atomic E-state index is 0.129. The zero-order chi connectivity index (χ0) is 18.1. The fourth-order valence-electron chi connectivity index (χ4n) is 3.49. The molecule has 140 valence electrons. The Hall–Kier alpha value is -1.46. The van der Waals surface area contributed by atoms with Crippen molar-refractivity contribution in [1.29, 1.82) is 0 Å².